The predicted octanol–water partition coefficient (Wildman–Crippen LogP) is 1.62. The number of β-amino-alcohol motifs (C(OH)–C–C–N with tert-alkyl or cyclic N) is 1. The lowest BCUT2D eigenvalue weighted by Crippen LogP contribution is -2.43. The second-order valence-electron chi connectivity index (χ2n) is 5.65. The number of aliphatic hydroxyl groups is 1. The zero-order valence-corrected chi connectivity index (χ0v) is 12.3. The van der Waals surface area contributed by atoms with Crippen LogP contribution in [0.5, 0.6) is 5.75 Å². The molecule has 4 nitrogen and oxygen atoms in total. The van der Waals surface area contributed by atoms with Crippen molar-refractivity contribution in [3.8, 4) is 5.75 Å². The number of aliphatic hydroxyl groups excluding tert-OH is 1. The molecule has 0 aromatic heterocycles. The van der Waals surface area contributed by atoms with Crippen molar-refractivity contribution in [2.45, 2.75) is 32.4 Å². The van der Waals surface area contributed by atoms with E-state index in [2.05, 4.69) is 11.8 Å². The van der Waals surface area contributed by atoms with Crippen molar-refractivity contribution in [3.63, 3.8) is 0 Å². The second kappa shape index (κ2) is 7.62. The molecule has 3 N–H and O–H groups in total. The molecule has 0 saturated carbocycles. The van der Waals surface area contributed by atoms with Gasteiger partial charge in [0.05, 0.1) is 12.7 Å². The predicted molar refractivity (Wildman–Crippen MR) is 80.7 cm³/mol. The topological polar surface area (TPSA) is 58.7 Å². The van der Waals surface area contributed by atoms with E-state index < -0.39 is 0 Å². The van der Waals surface area contributed by atoms with Gasteiger partial charge in [0.1, 0.15) is 5.75 Å². The summed E-state index contributed by atoms with van der Waals surface area (Å²) in [5, 5.41) is 9.86. The lowest BCUT2D eigenvalue weighted by molar-refractivity contribution is 0.0275. The Kier molecular flexibility index (Phi) is 5.83. The Morgan fingerprint density at radius 3 is 2.95 bits per heavy atom. The Balaban J connectivity index is 1.69. The number of nitrogens with zero attached hydrogens (tertiary/aromatic N) is 1. The molecule has 1 saturated heterocycles. The molecular weight excluding hydrogens is 252 g/mol. The molecule has 2 rings (SSSR count). The van der Waals surface area contributed by atoms with Crippen LogP contribution in [0.3, 0.4) is 0 Å². The molecule has 1 aromatic rings. The summed E-state index contributed by atoms with van der Waals surface area (Å²) < 4.78 is 5.80. The zero-order valence-electron chi connectivity index (χ0n) is 12.3. The van der Waals surface area contributed by atoms with Crippen molar-refractivity contribution in [2.75, 3.05) is 26.2 Å². The van der Waals surface area contributed by atoms with Gasteiger partial charge in [-0.2, -0.15) is 0 Å². The first-order chi connectivity index (χ1) is 9.70. The van der Waals surface area contributed by atoms with E-state index in [0.29, 0.717) is 19.1 Å². The van der Waals surface area contributed by atoms with Crippen molar-refractivity contribution in [1.82, 2.24) is 4.90 Å². The van der Waals surface area contributed by atoms with Crippen LogP contribution < -0.4 is 10.5 Å². The number of piperidine rings is 1. The molecule has 2 atom stereocenters. The summed E-state index contributed by atoms with van der Waals surface area (Å²) in [6.07, 6.45) is 1.88. The Morgan fingerprint density at radius 2 is 2.20 bits per heavy atom. The number of nitrogens with two attached hydrogens (primary N) is 1. The number of hydrogen-bond acceptors (Lipinski definition) is 4. The molecule has 1 aliphatic heterocycles. The monoisotopic (exact) mass is 278 g/mol. The Hall–Kier alpha value is -1.10. The molecule has 0 bridgehead atoms. The Labute approximate surface area is 121 Å². The molecular formula is C16H26N2O2. The summed E-state index contributed by atoms with van der Waals surface area (Å²) in [6, 6.07) is 7.91. The third kappa shape index (κ3) is 4.20. The van der Waals surface area contributed by atoms with Gasteiger partial charge in [0.2, 0.25) is 0 Å². The minimum Gasteiger partial charge on any atom is -0.493 e. The third-order valence-corrected chi connectivity index (χ3v) is 4.07. The molecule has 0 aliphatic carbocycles. The quantitative estimate of drug-likeness (QED) is 0.776. The summed E-state index contributed by atoms with van der Waals surface area (Å²) >= 11 is 0. The molecule has 0 radical (unpaired) electrons. The van der Waals surface area contributed by atoms with E-state index in [1.807, 2.05) is 24.3 Å². The van der Waals surface area contributed by atoms with E-state index in [0.717, 1.165) is 43.8 Å². The van der Waals surface area contributed by atoms with E-state index >= 15 is 0 Å². The zero-order chi connectivity index (χ0) is 14.4. The maximum Gasteiger partial charge on any atom is 0.123 e. The summed E-state index contributed by atoms with van der Waals surface area (Å²) in [5.41, 5.74) is 6.73. The van der Waals surface area contributed by atoms with E-state index in [1.54, 1.807) is 0 Å². The van der Waals surface area contributed by atoms with Crippen LogP contribution in [-0.2, 0) is 6.54 Å². The van der Waals surface area contributed by atoms with Crippen molar-refractivity contribution in [2.24, 2.45) is 11.7 Å². The van der Waals surface area contributed by atoms with Crippen LogP contribution in [-0.4, -0.2) is 42.4 Å². The number of para-hydroxylation sites is 1. The number of benzene rings is 1. The Morgan fingerprint density at radius 1 is 1.40 bits per heavy atom. The molecule has 0 amide bonds. The van der Waals surface area contributed by atoms with Crippen LogP contribution in [0.1, 0.15) is 25.3 Å². The van der Waals surface area contributed by atoms with Crippen molar-refractivity contribution in [3.05, 3.63) is 29.8 Å². The molecule has 1 fully saturated rings. The minimum atomic E-state index is -0.178. The van der Waals surface area contributed by atoms with Crippen LogP contribution in [0.15, 0.2) is 24.3 Å². The van der Waals surface area contributed by atoms with Crippen LogP contribution in [0.4, 0.5) is 0 Å². The fourth-order valence-electron chi connectivity index (χ4n) is 2.60. The van der Waals surface area contributed by atoms with E-state index in [1.165, 1.54) is 0 Å². The van der Waals surface area contributed by atoms with Gasteiger partial charge < -0.3 is 20.5 Å². The van der Waals surface area contributed by atoms with Gasteiger partial charge in [-0.1, -0.05) is 25.1 Å². The molecule has 112 valence electrons. The standard InChI is InChI=1S/C16H26N2O2/c1-13-7-9-18(12-15(13)19)8-4-10-20-16-6-3-2-5-14(16)11-17/h2-3,5-6,13,15,19H,4,7-12,17H2,1H3. The number of hydrogen-bond donors (Lipinski definition) is 2. The molecule has 1 aromatic carbocycles. The smallest absolute Gasteiger partial charge is 0.123 e. The van der Waals surface area contributed by atoms with Crippen LogP contribution >= 0.6 is 0 Å². The molecule has 20 heavy (non-hydrogen) atoms. The van der Waals surface area contributed by atoms with Crippen molar-refractivity contribution < 1.29 is 9.84 Å². The maximum atomic E-state index is 9.86. The van der Waals surface area contributed by atoms with Gasteiger partial charge >= 0.3 is 0 Å². The van der Waals surface area contributed by atoms with Crippen molar-refractivity contribution in [1.29, 1.82) is 0 Å². The SMILES string of the molecule is CC1CCN(CCCOc2ccccc2CN)CC1O. The van der Waals surface area contributed by atoms with Crippen LogP contribution in [0.2, 0.25) is 0 Å². The normalized spacial score (nSPS) is 23.8. The van der Waals surface area contributed by atoms with Crippen molar-refractivity contribution >= 4 is 0 Å². The lowest BCUT2D eigenvalue weighted by Gasteiger charge is -2.34. The van der Waals surface area contributed by atoms with Crippen LogP contribution in [0, 0.1) is 5.92 Å². The van der Waals surface area contributed by atoms with Gasteiger partial charge in [0.25, 0.3) is 0 Å². The number of likely N-dealkylation sites (tertiary alicyclic amines) is 1. The number of rotatable bonds is 6. The van der Waals surface area contributed by atoms with Gasteiger partial charge in [0, 0.05) is 25.2 Å². The van der Waals surface area contributed by atoms with E-state index in [9.17, 15) is 5.11 Å². The van der Waals surface area contributed by atoms with Crippen LogP contribution in [0.25, 0.3) is 0 Å². The molecule has 1 heterocycles. The van der Waals surface area contributed by atoms with Gasteiger partial charge in [-0.25, -0.2) is 0 Å². The highest BCUT2D eigenvalue weighted by Gasteiger charge is 2.23. The van der Waals surface area contributed by atoms with Gasteiger partial charge in [-0.15, -0.1) is 0 Å². The summed E-state index contributed by atoms with van der Waals surface area (Å²) in [6.45, 7) is 6.17. The highest BCUT2D eigenvalue weighted by molar-refractivity contribution is 5.32. The van der Waals surface area contributed by atoms with E-state index in [4.69, 9.17) is 10.5 Å². The van der Waals surface area contributed by atoms with Gasteiger partial charge in [-0.05, 0) is 31.4 Å². The summed E-state index contributed by atoms with van der Waals surface area (Å²) in [4.78, 5) is 2.32. The first-order valence-corrected chi connectivity index (χ1v) is 7.52. The third-order valence-electron chi connectivity index (χ3n) is 4.07. The van der Waals surface area contributed by atoms with Gasteiger partial charge in [-0.3, -0.25) is 0 Å². The molecule has 0 spiro atoms. The maximum absolute atomic E-state index is 9.86. The average Bonchev–Trinajstić information content (AvgIpc) is 2.47. The summed E-state index contributed by atoms with van der Waals surface area (Å²) in [7, 11) is 0. The lowest BCUT2D eigenvalue weighted by atomic mass is 9.96. The van der Waals surface area contributed by atoms with E-state index in [-0.39, 0.29) is 6.10 Å². The molecule has 2 unspecified atom stereocenters. The first-order valence-electron chi connectivity index (χ1n) is 7.52. The highest BCUT2D eigenvalue weighted by Crippen LogP contribution is 2.18. The fourth-order valence-corrected chi connectivity index (χ4v) is 2.60. The minimum absolute atomic E-state index is 0.178. The molecule has 4 heteroatoms. The Bertz CT molecular complexity index is 411. The summed E-state index contributed by atoms with van der Waals surface area (Å²) in [5.74, 6) is 1.32. The average molecular weight is 278 g/mol. The fraction of sp³-hybridized carbons (Fsp3) is 0.625. The second-order valence-corrected chi connectivity index (χ2v) is 5.65. The molecule has 1 aliphatic rings. The first kappa shape index (κ1) is 15.3. The number of ether oxygens (including phenoxy) is 1. The highest BCUT2D eigenvalue weighted by atomic mass is 16.5. The largest absolute Gasteiger partial charge is 0.493 e. The van der Waals surface area contributed by atoms with Gasteiger partial charge in [0.15, 0.2) is 0 Å².